The molecule has 154 valence electrons. The van der Waals surface area contributed by atoms with E-state index in [0.717, 1.165) is 11.3 Å². The van der Waals surface area contributed by atoms with E-state index < -0.39 is 12.0 Å². The number of nitrogens with zero attached hydrogens (tertiary/aromatic N) is 2. The van der Waals surface area contributed by atoms with Gasteiger partial charge in [0.05, 0.1) is 13.1 Å². The summed E-state index contributed by atoms with van der Waals surface area (Å²) in [7, 11) is 0. The van der Waals surface area contributed by atoms with Crippen LogP contribution in [0.1, 0.15) is 19.4 Å². The Morgan fingerprint density at radius 2 is 1.59 bits per heavy atom. The molecule has 7 heteroatoms. The van der Waals surface area contributed by atoms with Crippen LogP contribution < -0.4 is 10.2 Å². The lowest BCUT2D eigenvalue weighted by atomic mass is 10.2. The average Bonchev–Trinajstić information content (AvgIpc) is 2.71. The summed E-state index contributed by atoms with van der Waals surface area (Å²) in [5, 5.41) is 12.1. The lowest BCUT2D eigenvalue weighted by Gasteiger charge is -2.30. The summed E-state index contributed by atoms with van der Waals surface area (Å²) < 4.78 is 0. The molecule has 1 unspecified atom stereocenters. The number of carboxylic acid groups (broad SMARTS) is 1. The summed E-state index contributed by atoms with van der Waals surface area (Å²) in [4.78, 5) is 39.0. The van der Waals surface area contributed by atoms with Gasteiger partial charge in [-0.05, 0) is 24.6 Å². The summed E-state index contributed by atoms with van der Waals surface area (Å²) >= 11 is 0. The molecule has 1 atom stereocenters. The van der Waals surface area contributed by atoms with Gasteiger partial charge in [0.15, 0.2) is 0 Å². The Labute approximate surface area is 170 Å². The number of benzene rings is 2. The van der Waals surface area contributed by atoms with Crippen molar-refractivity contribution in [1.29, 1.82) is 0 Å². The molecule has 2 rings (SSSR count). The number of nitrogens with one attached hydrogen (secondary N) is 1. The summed E-state index contributed by atoms with van der Waals surface area (Å²) in [6.07, 6.45) is 0. The molecular formula is C22H27N3O4. The minimum atomic E-state index is -1.02. The Balaban J connectivity index is 2.20. The molecule has 0 aliphatic heterocycles. The first-order valence-corrected chi connectivity index (χ1v) is 9.49. The summed E-state index contributed by atoms with van der Waals surface area (Å²) in [6.45, 7) is 3.76. The van der Waals surface area contributed by atoms with Crippen molar-refractivity contribution < 1.29 is 19.5 Å². The van der Waals surface area contributed by atoms with E-state index in [1.54, 1.807) is 9.80 Å². The molecule has 0 bridgehead atoms. The largest absolute Gasteiger partial charge is 0.480 e. The molecule has 0 saturated heterocycles. The average molecular weight is 397 g/mol. The summed E-state index contributed by atoms with van der Waals surface area (Å²) in [5.41, 5.74) is 1.71. The molecule has 0 aromatic heterocycles. The molecular weight excluding hydrogens is 370 g/mol. The molecule has 0 heterocycles. The fourth-order valence-corrected chi connectivity index (χ4v) is 2.90. The molecule has 0 aliphatic rings. The van der Waals surface area contributed by atoms with Gasteiger partial charge in [-0.15, -0.1) is 0 Å². The Hall–Kier alpha value is -3.19. The van der Waals surface area contributed by atoms with Crippen molar-refractivity contribution in [1.82, 2.24) is 10.2 Å². The van der Waals surface area contributed by atoms with Crippen LogP contribution in [-0.4, -0.2) is 53.5 Å². The van der Waals surface area contributed by atoms with Gasteiger partial charge in [-0.3, -0.25) is 19.3 Å². The maximum absolute atomic E-state index is 13.2. The van der Waals surface area contributed by atoms with Crippen molar-refractivity contribution in [3.05, 3.63) is 66.2 Å². The molecule has 2 amide bonds. The first-order valence-electron chi connectivity index (χ1n) is 9.49. The number of anilines is 1. The van der Waals surface area contributed by atoms with Gasteiger partial charge in [0.2, 0.25) is 11.8 Å². The van der Waals surface area contributed by atoms with Crippen LogP contribution in [0.15, 0.2) is 60.7 Å². The highest BCUT2D eigenvalue weighted by Gasteiger charge is 2.26. The van der Waals surface area contributed by atoms with Crippen LogP contribution in [0.3, 0.4) is 0 Å². The van der Waals surface area contributed by atoms with Gasteiger partial charge in [0, 0.05) is 25.7 Å². The Morgan fingerprint density at radius 1 is 1.00 bits per heavy atom. The van der Waals surface area contributed by atoms with Crippen molar-refractivity contribution in [2.24, 2.45) is 0 Å². The first-order chi connectivity index (χ1) is 13.9. The minimum Gasteiger partial charge on any atom is -0.480 e. The van der Waals surface area contributed by atoms with Gasteiger partial charge in [0.1, 0.15) is 6.04 Å². The van der Waals surface area contributed by atoms with Crippen LogP contribution in [0, 0.1) is 0 Å². The van der Waals surface area contributed by atoms with E-state index in [4.69, 9.17) is 0 Å². The van der Waals surface area contributed by atoms with E-state index in [-0.39, 0.29) is 31.4 Å². The second-order valence-corrected chi connectivity index (χ2v) is 6.77. The zero-order chi connectivity index (χ0) is 21.2. The van der Waals surface area contributed by atoms with Gasteiger partial charge in [-0.25, -0.2) is 0 Å². The molecule has 0 saturated carbocycles. The summed E-state index contributed by atoms with van der Waals surface area (Å²) in [5.74, 6) is -1.43. The SMILES string of the molecule is CC(=O)NCCN(CC(=O)N(Cc1ccccc1)c1ccccc1)C(C)C(=O)O. The number of aliphatic carboxylic acids is 1. The van der Waals surface area contributed by atoms with Crippen molar-refractivity contribution >= 4 is 23.5 Å². The molecule has 0 aliphatic carbocycles. The Morgan fingerprint density at radius 3 is 2.14 bits per heavy atom. The summed E-state index contributed by atoms with van der Waals surface area (Å²) in [6, 6.07) is 18.1. The van der Waals surface area contributed by atoms with Crippen LogP contribution in [0.4, 0.5) is 5.69 Å². The number of amides is 2. The fraction of sp³-hybridized carbons (Fsp3) is 0.318. The smallest absolute Gasteiger partial charge is 0.320 e. The quantitative estimate of drug-likeness (QED) is 0.641. The number of para-hydroxylation sites is 1. The van der Waals surface area contributed by atoms with Gasteiger partial charge in [-0.1, -0.05) is 48.5 Å². The standard InChI is InChI=1S/C22H27N3O4/c1-17(22(28)29)24(14-13-23-18(2)26)16-21(27)25(20-11-7-4-8-12-20)15-19-9-5-3-6-10-19/h3-12,17H,13-16H2,1-2H3,(H,23,26)(H,28,29). The molecule has 0 spiro atoms. The second-order valence-electron chi connectivity index (χ2n) is 6.77. The van der Waals surface area contributed by atoms with E-state index >= 15 is 0 Å². The van der Waals surface area contributed by atoms with Crippen molar-refractivity contribution in [2.75, 3.05) is 24.5 Å². The number of rotatable bonds is 10. The fourth-order valence-electron chi connectivity index (χ4n) is 2.90. The number of carboxylic acids is 1. The van der Waals surface area contributed by atoms with Crippen LogP contribution >= 0.6 is 0 Å². The predicted octanol–water partition coefficient (Wildman–Crippen LogP) is 2.13. The second kappa shape index (κ2) is 11.0. The molecule has 7 nitrogen and oxygen atoms in total. The van der Waals surface area contributed by atoms with Crippen LogP contribution in [0.25, 0.3) is 0 Å². The molecule has 2 N–H and O–H groups in total. The van der Waals surface area contributed by atoms with Gasteiger partial charge >= 0.3 is 5.97 Å². The molecule has 0 fully saturated rings. The van der Waals surface area contributed by atoms with Crippen molar-refractivity contribution in [3.63, 3.8) is 0 Å². The molecule has 29 heavy (non-hydrogen) atoms. The maximum atomic E-state index is 13.2. The van der Waals surface area contributed by atoms with Gasteiger partial charge in [-0.2, -0.15) is 0 Å². The molecule has 2 aromatic rings. The lowest BCUT2D eigenvalue weighted by Crippen LogP contribution is -2.48. The Kier molecular flexibility index (Phi) is 8.36. The van der Waals surface area contributed by atoms with E-state index in [0.29, 0.717) is 6.54 Å². The third-order valence-electron chi connectivity index (χ3n) is 4.57. The number of hydrogen-bond acceptors (Lipinski definition) is 4. The maximum Gasteiger partial charge on any atom is 0.320 e. The predicted molar refractivity (Wildman–Crippen MR) is 111 cm³/mol. The van der Waals surface area contributed by atoms with Gasteiger partial charge < -0.3 is 15.3 Å². The zero-order valence-corrected chi connectivity index (χ0v) is 16.7. The normalized spacial score (nSPS) is 11.7. The van der Waals surface area contributed by atoms with E-state index in [1.165, 1.54) is 13.8 Å². The van der Waals surface area contributed by atoms with Crippen LogP contribution in [0.2, 0.25) is 0 Å². The highest BCUT2D eigenvalue weighted by atomic mass is 16.4. The Bertz CT molecular complexity index is 811. The monoisotopic (exact) mass is 397 g/mol. The van der Waals surface area contributed by atoms with Crippen LogP contribution in [-0.2, 0) is 20.9 Å². The third kappa shape index (κ3) is 7.04. The molecule has 2 aromatic carbocycles. The van der Waals surface area contributed by atoms with E-state index in [1.807, 2.05) is 60.7 Å². The molecule has 0 radical (unpaired) electrons. The first kappa shape index (κ1) is 22.1. The van der Waals surface area contributed by atoms with Crippen molar-refractivity contribution in [3.8, 4) is 0 Å². The van der Waals surface area contributed by atoms with E-state index in [9.17, 15) is 19.5 Å². The van der Waals surface area contributed by atoms with Crippen molar-refractivity contribution in [2.45, 2.75) is 26.4 Å². The number of hydrogen-bond donors (Lipinski definition) is 2. The topological polar surface area (TPSA) is 90.0 Å². The number of carbonyl (C=O) groups excluding carboxylic acids is 2. The zero-order valence-electron chi connectivity index (χ0n) is 16.7. The highest BCUT2D eigenvalue weighted by molar-refractivity contribution is 5.95. The minimum absolute atomic E-state index is 0.0746. The van der Waals surface area contributed by atoms with Gasteiger partial charge in [0.25, 0.3) is 0 Å². The highest BCUT2D eigenvalue weighted by Crippen LogP contribution is 2.18. The number of carbonyl (C=O) groups is 3. The van der Waals surface area contributed by atoms with E-state index in [2.05, 4.69) is 5.32 Å². The lowest BCUT2D eigenvalue weighted by molar-refractivity contribution is -0.143. The third-order valence-corrected chi connectivity index (χ3v) is 4.57. The van der Waals surface area contributed by atoms with Crippen LogP contribution in [0.5, 0.6) is 0 Å².